The fraction of sp³-hybridized carbons (Fsp3) is 0.235. The van der Waals surface area contributed by atoms with Gasteiger partial charge < -0.3 is 20.5 Å². The van der Waals surface area contributed by atoms with Crippen LogP contribution in [-0.4, -0.2) is 19.7 Å². The number of ether oxygens (including phenoxy) is 2. The van der Waals surface area contributed by atoms with Crippen LogP contribution in [0.4, 0.5) is 14.5 Å². The van der Waals surface area contributed by atoms with Crippen molar-refractivity contribution >= 4 is 35.6 Å². The molecule has 0 unspecified atom stereocenters. The van der Waals surface area contributed by atoms with E-state index in [0.717, 1.165) is 11.3 Å². The molecule has 0 aliphatic rings. The van der Waals surface area contributed by atoms with Gasteiger partial charge in [-0.2, -0.15) is 8.78 Å². The Morgan fingerprint density at radius 3 is 2.64 bits per heavy atom. The first-order valence-electron chi connectivity index (χ1n) is 7.23. The molecular weight excluding hydrogens is 443 g/mol. The molecule has 0 spiro atoms. The van der Waals surface area contributed by atoms with Crippen molar-refractivity contribution in [1.82, 2.24) is 0 Å². The number of guanidine groups is 1. The average molecular weight is 463 g/mol. The van der Waals surface area contributed by atoms with Crippen LogP contribution in [0.5, 0.6) is 11.5 Å². The lowest BCUT2D eigenvalue weighted by Crippen LogP contribution is -2.22. The van der Waals surface area contributed by atoms with Crippen LogP contribution in [0.2, 0.25) is 0 Å². The van der Waals surface area contributed by atoms with Gasteiger partial charge in [-0.05, 0) is 36.8 Å². The van der Waals surface area contributed by atoms with Gasteiger partial charge in [0.25, 0.3) is 0 Å². The zero-order valence-corrected chi connectivity index (χ0v) is 16.2. The van der Waals surface area contributed by atoms with Crippen LogP contribution in [-0.2, 0) is 6.54 Å². The summed E-state index contributed by atoms with van der Waals surface area (Å²) in [6.07, 6.45) is 0. The van der Waals surface area contributed by atoms with Crippen LogP contribution >= 0.6 is 24.0 Å². The van der Waals surface area contributed by atoms with Gasteiger partial charge in [0.05, 0.1) is 13.7 Å². The number of alkyl halides is 2. The Kier molecular flexibility index (Phi) is 8.39. The molecule has 2 aromatic rings. The number of benzene rings is 2. The van der Waals surface area contributed by atoms with Crippen molar-refractivity contribution < 1.29 is 18.3 Å². The Hall–Kier alpha value is -2.10. The number of hydrogen-bond donors (Lipinski definition) is 2. The zero-order valence-electron chi connectivity index (χ0n) is 13.8. The fourth-order valence-corrected chi connectivity index (χ4v) is 2.08. The number of aryl methyl sites for hydroxylation is 1. The van der Waals surface area contributed by atoms with Crippen LogP contribution in [0.1, 0.15) is 11.1 Å². The molecule has 0 aliphatic heterocycles. The van der Waals surface area contributed by atoms with Crippen molar-refractivity contribution in [2.45, 2.75) is 20.1 Å². The maximum absolute atomic E-state index is 12.5. The highest BCUT2D eigenvalue weighted by Crippen LogP contribution is 2.27. The summed E-state index contributed by atoms with van der Waals surface area (Å²) >= 11 is 0. The van der Waals surface area contributed by atoms with Crippen molar-refractivity contribution in [2.24, 2.45) is 10.7 Å². The van der Waals surface area contributed by atoms with E-state index in [1.54, 1.807) is 12.1 Å². The van der Waals surface area contributed by atoms with Gasteiger partial charge in [0, 0.05) is 17.3 Å². The van der Waals surface area contributed by atoms with E-state index >= 15 is 0 Å². The number of halogens is 3. The molecule has 136 valence electrons. The summed E-state index contributed by atoms with van der Waals surface area (Å²) in [5.41, 5.74) is 8.19. The van der Waals surface area contributed by atoms with E-state index in [4.69, 9.17) is 10.5 Å². The van der Waals surface area contributed by atoms with Crippen molar-refractivity contribution in [3.63, 3.8) is 0 Å². The molecule has 2 rings (SSSR count). The lowest BCUT2D eigenvalue weighted by molar-refractivity contribution is -0.0505. The topological polar surface area (TPSA) is 68.9 Å². The van der Waals surface area contributed by atoms with Gasteiger partial charge in [0.15, 0.2) is 5.96 Å². The molecule has 0 heterocycles. The minimum absolute atomic E-state index is 0. The number of nitrogens with one attached hydrogen (secondary N) is 1. The minimum atomic E-state index is -2.93. The van der Waals surface area contributed by atoms with Gasteiger partial charge in [0.2, 0.25) is 0 Å². The van der Waals surface area contributed by atoms with Gasteiger partial charge >= 0.3 is 6.61 Å². The Balaban J connectivity index is 0.00000312. The molecule has 0 fully saturated rings. The molecule has 5 nitrogen and oxygen atoms in total. The number of aliphatic imine (C=N–C) groups is 1. The molecule has 0 saturated carbocycles. The van der Waals surface area contributed by atoms with E-state index in [-0.39, 0.29) is 42.2 Å². The maximum atomic E-state index is 12.5. The average Bonchev–Trinajstić information content (AvgIpc) is 2.53. The van der Waals surface area contributed by atoms with Crippen molar-refractivity contribution in [1.29, 1.82) is 0 Å². The number of hydrogen-bond acceptors (Lipinski definition) is 3. The number of nitrogens with zero attached hydrogens (tertiary/aromatic N) is 1. The van der Waals surface area contributed by atoms with Crippen molar-refractivity contribution in [2.75, 3.05) is 12.4 Å². The van der Waals surface area contributed by atoms with E-state index < -0.39 is 6.61 Å². The molecule has 8 heteroatoms. The Bertz CT molecular complexity index is 727. The predicted octanol–water partition coefficient (Wildman–Crippen LogP) is 4.15. The van der Waals surface area contributed by atoms with Crippen LogP contribution in [0.15, 0.2) is 47.5 Å². The highest BCUT2D eigenvalue weighted by atomic mass is 127. The largest absolute Gasteiger partial charge is 0.497 e. The van der Waals surface area contributed by atoms with Gasteiger partial charge in [-0.3, -0.25) is 0 Å². The third-order valence-corrected chi connectivity index (χ3v) is 3.20. The number of nitrogens with two attached hydrogens (primary N) is 1. The smallest absolute Gasteiger partial charge is 0.387 e. The summed E-state index contributed by atoms with van der Waals surface area (Å²) in [5, 5.41) is 2.95. The summed E-state index contributed by atoms with van der Waals surface area (Å²) < 4.78 is 34.6. The first-order valence-corrected chi connectivity index (χ1v) is 7.23. The third-order valence-electron chi connectivity index (χ3n) is 3.20. The second kappa shape index (κ2) is 10.0. The lowest BCUT2D eigenvalue weighted by atomic mass is 10.2. The molecule has 0 amide bonds. The molecular formula is C17H20F2IN3O2. The van der Waals surface area contributed by atoms with E-state index in [1.807, 2.05) is 31.2 Å². The molecule has 0 radical (unpaired) electrons. The predicted molar refractivity (Wildman–Crippen MR) is 105 cm³/mol. The first kappa shape index (κ1) is 20.9. The summed E-state index contributed by atoms with van der Waals surface area (Å²) in [4.78, 5) is 4.16. The van der Waals surface area contributed by atoms with E-state index in [9.17, 15) is 8.78 Å². The van der Waals surface area contributed by atoms with Gasteiger partial charge in [-0.15, -0.1) is 24.0 Å². The Labute approximate surface area is 162 Å². The van der Waals surface area contributed by atoms with Gasteiger partial charge in [-0.25, -0.2) is 4.99 Å². The molecule has 25 heavy (non-hydrogen) atoms. The molecule has 2 aromatic carbocycles. The second-order valence-electron chi connectivity index (χ2n) is 5.05. The molecule has 0 saturated heterocycles. The summed E-state index contributed by atoms with van der Waals surface area (Å²) in [6, 6.07) is 12.3. The number of anilines is 1. The molecule has 0 atom stereocenters. The SMILES string of the molecule is COc1ccc(CN=C(N)Nc2cccc(C)c2)c(OC(F)F)c1.I. The van der Waals surface area contributed by atoms with Crippen LogP contribution in [0, 0.1) is 6.92 Å². The highest BCUT2D eigenvalue weighted by molar-refractivity contribution is 14.0. The lowest BCUT2D eigenvalue weighted by Gasteiger charge is -2.11. The summed E-state index contributed by atoms with van der Waals surface area (Å²) in [5.74, 6) is 0.611. The standard InChI is InChI=1S/C17H19F2N3O2.HI/c1-11-4-3-5-13(8-11)22-17(20)21-10-12-6-7-14(23-2)9-15(12)24-16(18)19;/h3-9,16H,10H2,1-2H3,(H3,20,21,22);1H. The summed E-state index contributed by atoms with van der Waals surface area (Å²) in [7, 11) is 1.45. The third kappa shape index (κ3) is 6.73. The number of methoxy groups -OCH3 is 1. The fourth-order valence-electron chi connectivity index (χ4n) is 2.08. The normalized spacial score (nSPS) is 11.0. The Morgan fingerprint density at radius 2 is 2.00 bits per heavy atom. The number of rotatable bonds is 6. The molecule has 3 N–H and O–H groups in total. The van der Waals surface area contributed by atoms with Crippen LogP contribution in [0.25, 0.3) is 0 Å². The van der Waals surface area contributed by atoms with Crippen molar-refractivity contribution in [3.8, 4) is 11.5 Å². The zero-order chi connectivity index (χ0) is 17.5. The van der Waals surface area contributed by atoms with E-state index in [1.165, 1.54) is 13.2 Å². The van der Waals surface area contributed by atoms with E-state index in [2.05, 4.69) is 15.0 Å². The summed E-state index contributed by atoms with van der Waals surface area (Å²) in [6.45, 7) is -0.872. The minimum Gasteiger partial charge on any atom is -0.497 e. The highest BCUT2D eigenvalue weighted by Gasteiger charge is 2.11. The monoisotopic (exact) mass is 463 g/mol. The molecule has 0 aromatic heterocycles. The van der Waals surface area contributed by atoms with Crippen LogP contribution in [0.3, 0.4) is 0 Å². The Morgan fingerprint density at radius 1 is 1.24 bits per heavy atom. The van der Waals surface area contributed by atoms with Gasteiger partial charge in [0.1, 0.15) is 11.5 Å². The maximum Gasteiger partial charge on any atom is 0.387 e. The molecule has 0 bridgehead atoms. The van der Waals surface area contributed by atoms with Gasteiger partial charge in [-0.1, -0.05) is 12.1 Å². The first-order chi connectivity index (χ1) is 11.5. The van der Waals surface area contributed by atoms with Crippen LogP contribution < -0.4 is 20.5 Å². The van der Waals surface area contributed by atoms with E-state index in [0.29, 0.717) is 11.3 Å². The quantitative estimate of drug-likeness (QED) is 0.384. The second-order valence-corrected chi connectivity index (χ2v) is 5.05. The van der Waals surface area contributed by atoms with Crippen molar-refractivity contribution in [3.05, 3.63) is 53.6 Å². The molecule has 0 aliphatic carbocycles.